The highest BCUT2D eigenvalue weighted by atomic mass is 35.5. The van der Waals surface area contributed by atoms with E-state index in [1.54, 1.807) is 12.1 Å². The first-order valence-corrected chi connectivity index (χ1v) is 6.94. The molecule has 1 fully saturated rings. The number of anilines is 1. The standard InChI is InChI=1S/C13H16Cl3N/c1-13(2)5-3-4-11(13)17-12-9(15)6-8(14)7-10(12)16/h6-7,11,17H,3-5H2,1-2H3. The molecule has 1 unspecified atom stereocenters. The summed E-state index contributed by atoms with van der Waals surface area (Å²) < 4.78 is 0. The van der Waals surface area contributed by atoms with E-state index in [1.165, 1.54) is 12.8 Å². The second kappa shape index (κ2) is 4.87. The highest BCUT2D eigenvalue weighted by molar-refractivity contribution is 6.41. The lowest BCUT2D eigenvalue weighted by Gasteiger charge is -2.29. The second-order valence-electron chi connectivity index (χ2n) is 5.32. The van der Waals surface area contributed by atoms with Crippen molar-refractivity contribution in [2.45, 2.75) is 39.2 Å². The van der Waals surface area contributed by atoms with Crippen molar-refractivity contribution in [3.8, 4) is 0 Å². The average molecular weight is 293 g/mol. The molecule has 1 saturated carbocycles. The molecule has 1 aromatic carbocycles. The number of rotatable bonds is 2. The summed E-state index contributed by atoms with van der Waals surface area (Å²) >= 11 is 18.2. The van der Waals surface area contributed by atoms with Crippen molar-refractivity contribution in [2.75, 3.05) is 5.32 Å². The van der Waals surface area contributed by atoms with Crippen LogP contribution in [0.4, 0.5) is 5.69 Å². The molecule has 1 N–H and O–H groups in total. The lowest BCUT2D eigenvalue weighted by atomic mass is 9.87. The molecular formula is C13H16Cl3N. The monoisotopic (exact) mass is 291 g/mol. The summed E-state index contributed by atoms with van der Waals surface area (Å²) in [6, 6.07) is 3.86. The molecule has 0 bridgehead atoms. The van der Waals surface area contributed by atoms with Gasteiger partial charge in [-0.05, 0) is 30.4 Å². The van der Waals surface area contributed by atoms with Crippen molar-refractivity contribution in [2.24, 2.45) is 5.41 Å². The molecule has 0 aliphatic heterocycles. The van der Waals surface area contributed by atoms with E-state index in [9.17, 15) is 0 Å². The zero-order valence-corrected chi connectivity index (χ0v) is 12.3. The Kier molecular flexibility index (Phi) is 3.82. The number of halogens is 3. The number of nitrogens with one attached hydrogen (secondary N) is 1. The average Bonchev–Trinajstić information content (AvgIpc) is 2.51. The van der Waals surface area contributed by atoms with Gasteiger partial charge < -0.3 is 5.32 Å². The summed E-state index contributed by atoms with van der Waals surface area (Å²) in [6.45, 7) is 4.55. The molecule has 1 aromatic rings. The van der Waals surface area contributed by atoms with Crippen molar-refractivity contribution < 1.29 is 0 Å². The van der Waals surface area contributed by atoms with Gasteiger partial charge in [-0.1, -0.05) is 55.1 Å². The maximum Gasteiger partial charge on any atom is 0.0722 e. The maximum atomic E-state index is 6.17. The van der Waals surface area contributed by atoms with Crippen LogP contribution in [0.3, 0.4) is 0 Å². The van der Waals surface area contributed by atoms with Crippen LogP contribution in [-0.2, 0) is 0 Å². The molecule has 1 aliphatic rings. The molecule has 4 heteroatoms. The van der Waals surface area contributed by atoms with E-state index >= 15 is 0 Å². The van der Waals surface area contributed by atoms with Crippen LogP contribution < -0.4 is 5.32 Å². The van der Waals surface area contributed by atoms with E-state index < -0.39 is 0 Å². The number of hydrogen-bond donors (Lipinski definition) is 1. The molecule has 2 rings (SSSR count). The van der Waals surface area contributed by atoms with Gasteiger partial charge in [-0.3, -0.25) is 0 Å². The molecule has 0 spiro atoms. The van der Waals surface area contributed by atoms with Crippen molar-refractivity contribution in [1.29, 1.82) is 0 Å². The first-order valence-electron chi connectivity index (χ1n) is 5.81. The third-order valence-corrected chi connectivity index (χ3v) is 4.40. The van der Waals surface area contributed by atoms with Gasteiger partial charge in [-0.15, -0.1) is 0 Å². The van der Waals surface area contributed by atoms with Crippen LogP contribution in [0.25, 0.3) is 0 Å². The molecule has 1 nitrogen and oxygen atoms in total. The molecule has 17 heavy (non-hydrogen) atoms. The van der Waals surface area contributed by atoms with Crippen molar-refractivity contribution in [3.05, 3.63) is 27.2 Å². The molecule has 1 aliphatic carbocycles. The van der Waals surface area contributed by atoms with Gasteiger partial charge in [-0.2, -0.15) is 0 Å². The van der Waals surface area contributed by atoms with Gasteiger partial charge in [0.2, 0.25) is 0 Å². The van der Waals surface area contributed by atoms with Gasteiger partial charge in [0.15, 0.2) is 0 Å². The summed E-state index contributed by atoms with van der Waals surface area (Å²) in [5.41, 5.74) is 1.09. The summed E-state index contributed by atoms with van der Waals surface area (Å²) in [5.74, 6) is 0. The van der Waals surface area contributed by atoms with Crippen LogP contribution in [0.15, 0.2) is 12.1 Å². The first kappa shape index (κ1) is 13.3. The van der Waals surface area contributed by atoms with Crippen molar-refractivity contribution >= 4 is 40.5 Å². The second-order valence-corrected chi connectivity index (χ2v) is 6.57. The lowest BCUT2D eigenvalue weighted by Crippen LogP contribution is -2.31. The van der Waals surface area contributed by atoms with Crippen LogP contribution in [0.5, 0.6) is 0 Å². The van der Waals surface area contributed by atoms with E-state index in [0.29, 0.717) is 21.1 Å². The predicted octanol–water partition coefficient (Wildman–Crippen LogP) is 5.64. The molecule has 94 valence electrons. The van der Waals surface area contributed by atoms with Crippen LogP contribution in [0, 0.1) is 5.41 Å². The fourth-order valence-electron chi connectivity index (χ4n) is 2.45. The molecule has 0 radical (unpaired) electrons. The zero-order valence-electron chi connectivity index (χ0n) is 9.99. The molecule has 1 atom stereocenters. The lowest BCUT2D eigenvalue weighted by molar-refractivity contribution is 0.350. The van der Waals surface area contributed by atoms with E-state index in [1.807, 2.05) is 0 Å². The van der Waals surface area contributed by atoms with E-state index in [0.717, 1.165) is 12.1 Å². The Balaban J connectivity index is 2.25. The highest BCUT2D eigenvalue weighted by Gasteiger charge is 2.34. The van der Waals surface area contributed by atoms with Gasteiger partial charge in [0, 0.05) is 11.1 Å². The molecule has 0 saturated heterocycles. The Morgan fingerprint density at radius 1 is 1.18 bits per heavy atom. The Bertz CT molecular complexity index is 406. The van der Waals surface area contributed by atoms with Crippen LogP contribution in [-0.4, -0.2) is 6.04 Å². The normalized spacial score (nSPS) is 22.8. The largest absolute Gasteiger partial charge is 0.379 e. The van der Waals surface area contributed by atoms with Crippen molar-refractivity contribution in [1.82, 2.24) is 0 Å². The van der Waals surface area contributed by atoms with Crippen LogP contribution in [0.1, 0.15) is 33.1 Å². The van der Waals surface area contributed by atoms with Gasteiger partial charge in [0.1, 0.15) is 0 Å². The minimum atomic E-state index is 0.284. The quantitative estimate of drug-likeness (QED) is 0.744. The zero-order chi connectivity index (χ0) is 12.6. The fraction of sp³-hybridized carbons (Fsp3) is 0.538. The van der Waals surface area contributed by atoms with Gasteiger partial charge in [-0.25, -0.2) is 0 Å². The fourth-order valence-corrected chi connectivity index (χ4v) is 3.37. The SMILES string of the molecule is CC1(C)CCCC1Nc1c(Cl)cc(Cl)cc1Cl. The Hall–Kier alpha value is -0.110. The Morgan fingerprint density at radius 3 is 2.24 bits per heavy atom. The summed E-state index contributed by atoms with van der Waals surface area (Å²) in [4.78, 5) is 0. The maximum absolute atomic E-state index is 6.17. The topological polar surface area (TPSA) is 12.0 Å². The minimum Gasteiger partial charge on any atom is -0.379 e. The number of hydrogen-bond acceptors (Lipinski definition) is 1. The van der Waals surface area contributed by atoms with E-state index in [-0.39, 0.29) is 5.41 Å². The third kappa shape index (κ3) is 2.83. The Morgan fingerprint density at radius 2 is 1.76 bits per heavy atom. The molecule has 0 amide bonds. The minimum absolute atomic E-state index is 0.284. The third-order valence-electron chi connectivity index (χ3n) is 3.58. The predicted molar refractivity (Wildman–Crippen MR) is 76.5 cm³/mol. The molecule has 0 aromatic heterocycles. The molecular weight excluding hydrogens is 277 g/mol. The first-order chi connectivity index (χ1) is 7.90. The van der Waals surface area contributed by atoms with Crippen molar-refractivity contribution in [3.63, 3.8) is 0 Å². The summed E-state index contributed by atoms with van der Waals surface area (Å²) in [6.07, 6.45) is 3.63. The van der Waals surface area contributed by atoms with Gasteiger partial charge in [0.25, 0.3) is 0 Å². The number of benzene rings is 1. The van der Waals surface area contributed by atoms with Gasteiger partial charge in [0.05, 0.1) is 15.7 Å². The van der Waals surface area contributed by atoms with E-state index in [4.69, 9.17) is 34.8 Å². The van der Waals surface area contributed by atoms with Crippen LogP contribution in [0.2, 0.25) is 15.1 Å². The van der Waals surface area contributed by atoms with Crippen LogP contribution >= 0.6 is 34.8 Å². The van der Waals surface area contributed by atoms with E-state index in [2.05, 4.69) is 19.2 Å². The summed E-state index contributed by atoms with van der Waals surface area (Å²) in [5, 5.41) is 5.21. The van der Waals surface area contributed by atoms with Gasteiger partial charge >= 0.3 is 0 Å². The highest BCUT2D eigenvalue weighted by Crippen LogP contribution is 2.42. The Labute approximate surface area is 117 Å². The molecule has 0 heterocycles. The summed E-state index contributed by atoms with van der Waals surface area (Å²) in [7, 11) is 0. The smallest absolute Gasteiger partial charge is 0.0722 e.